The second kappa shape index (κ2) is 9.58. The largest absolute Gasteiger partial charge is 0.396 e. The average Bonchev–Trinajstić information content (AvgIpc) is 2.85. The van der Waals surface area contributed by atoms with Gasteiger partial charge in [0.25, 0.3) is 0 Å². The second-order valence-electron chi connectivity index (χ2n) is 4.15. The molecule has 1 aromatic rings. The first-order valence-electron chi connectivity index (χ1n) is 6.26. The van der Waals surface area contributed by atoms with Crippen LogP contribution in [0.15, 0.2) is 18.7 Å². The van der Waals surface area contributed by atoms with E-state index in [4.69, 9.17) is 10.2 Å². The van der Waals surface area contributed by atoms with Crippen LogP contribution in [0, 0.1) is 0 Å². The third-order valence-electron chi connectivity index (χ3n) is 2.71. The molecule has 0 aliphatic carbocycles. The SMILES string of the molecule is OCCCP(CCCO)CCCn1ccnc1. The number of aromatic nitrogens is 2. The number of rotatable bonds is 10. The highest BCUT2D eigenvalue weighted by Crippen LogP contribution is 2.37. The standard InChI is InChI=1S/C12H23N2O2P/c15-7-2-10-17(11-3-8-16)9-1-5-14-6-4-13-12-14/h4,6,12,15-16H,1-3,5,7-11H2. The van der Waals surface area contributed by atoms with Crippen LogP contribution in [0.1, 0.15) is 19.3 Å². The molecule has 5 heteroatoms. The fourth-order valence-electron chi connectivity index (χ4n) is 1.82. The van der Waals surface area contributed by atoms with Gasteiger partial charge in [0, 0.05) is 32.2 Å². The van der Waals surface area contributed by atoms with Crippen molar-refractivity contribution in [3.63, 3.8) is 0 Å². The highest BCUT2D eigenvalue weighted by atomic mass is 31.1. The Morgan fingerprint density at radius 1 is 1.00 bits per heavy atom. The van der Waals surface area contributed by atoms with Gasteiger partial charge in [-0.15, -0.1) is 7.92 Å². The Labute approximate surface area is 104 Å². The number of aryl methyl sites for hydroxylation is 1. The first-order valence-corrected chi connectivity index (χ1v) is 8.16. The van der Waals surface area contributed by atoms with Gasteiger partial charge in [-0.3, -0.25) is 0 Å². The topological polar surface area (TPSA) is 58.3 Å². The molecule has 0 fully saturated rings. The molecule has 4 nitrogen and oxygen atoms in total. The predicted octanol–water partition coefficient (Wildman–Crippen LogP) is 1.52. The number of nitrogens with zero attached hydrogens (tertiary/aromatic N) is 2. The fourth-order valence-corrected chi connectivity index (χ4v) is 4.26. The minimum Gasteiger partial charge on any atom is -0.396 e. The van der Waals surface area contributed by atoms with Gasteiger partial charge in [-0.1, -0.05) is 0 Å². The highest BCUT2D eigenvalue weighted by molar-refractivity contribution is 7.57. The molecule has 2 N–H and O–H groups in total. The summed E-state index contributed by atoms with van der Waals surface area (Å²) in [7, 11) is -0.00796. The van der Waals surface area contributed by atoms with E-state index in [2.05, 4.69) is 9.55 Å². The Morgan fingerprint density at radius 2 is 1.65 bits per heavy atom. The van der Waals surface area contributed by atoms with Crippen LogP contribution in [0.25, 0.3) is 0 Å². The molecule has 0 spiro atoms. The summed E-state index contributed by atoms with van der Waals surface area (Å²) in [5.74, 6) is 0. The lowest BCUT2D eigenvalue weighted by molar-refractivity contribution is 0.294. The zero-order chi connectivity index (χ0) is 12.3. The van der Waals surface area contributed by atoms with E-state index in [-0.39, 0.29) is 7.92 Å². The maximum atomic E-state index is 8.86. The molecule has 0 aliphatic rings. The molecule has 1 aromatic heterocycles. The second-order valence-corrected chi connectivity index (χ2v) is 6.83. The summed E-state index contributed by atoms with van der Waals surface area (Å²) >= 11 is 0. The Kier molecular flexibility index (Phi) is 8.24. The van der Waals surface area contributed by atoms with Crippen molar-refractivity contribution in [1.29, 1.82) is 0 Å². The van der Waals surface area contributed by atoms with Gasteiger partial charge in [0.15, 0.2) is 0 Å². The van der Waals surface area contributed by atoms with Crippen LogP contribution >= 0.6 is 7.92 Å². The van der Waals surface area contributed by atoms with Gasteiger partial charge < -0.3 is 14.8 Å². The van der Waals surface area contributed by atoms with Crippen molar-refractivity contribution in [2.24, 2.45) is 0 Å². The molecule has 0 aromatic carbocycles. The van der Waals surface area contributed by atoms with E-state index < -0.39 is 0 Å². The van der Waals surface area contributed by atoms with E-state index in [1.54, 1.807) is 6.20 Å². The van der Waals surface area contributed by atoms with E-state index in [0.717, 1.165) is 31.7 Å². The smallest absolute Gasteiger partial charge is 0.0945 e. The predicted molar refractivity (Wildman–Crippen MR) is 71.8 cm³/mol. The minimum absolute atomic E-state index is 0.00796. The van der Waals surface area contributed by atoms with Gasteiger partial charge in [0.05, 0.1) is 6.33 Å². The Balaban J connectivity index is 2.17. The number of hydrogen-bond donors (Lipinski definition) is 2. The molecule has 0 saturated heterocycles. The maximum Gasteiger partial charge on any atom is 0.0945 e. The summed E-state index contributed by atoms with van der Waals surface area (Å²) in [6.07, 6.45) is 12.1. The number of imidazole rings is 1. The third kappa shape index (κ3) is 6.77. The summed E-state index contributed by atoms with van der Waals surface area (Å²) in [6.45, 7) is 1.61. The normalized spacial score (nSPS) is 11.2. The Hall–Kier alpha value is -0.440. The Bertz CT molecular complexity index is 259. The molecule has 1 rings (SSSR count). The monoisotopic (exact) mass is 258 g/mol. The van der Waals surface area contributed by atoms with Gasteiger partial charge >= 0.3 is 0 Å². The molecule has 0 amide bonds. The van der Waals surface area contributed by atoms with E-state index in [9.17, 15) is 0 Å². The molecule has 17 heavy (non-hydrogen) atoms. The quantitative estimate of drug-likeness (QED) is 0.626. The molecule has 1 heterocycles. The summed E-state index contributed by atoms with van der Waals surface area (Å²) in [4.78, 5) is 4.02. The highest BCUT2D eigenvalue weighted by Gasteiger charge is 2.07. The molecule has 0 bridgehead atoms. The molecule has 0 unspecified atom stereocenters. The average molecular weight is 258 g/mol. The zero-order valence-corrected chi connectivity index (χ0v) is 11.2. The molecule has 0 aliphatic heterocycles. The van der Waals surface area contributed by atoms with Crippen LogP contribution < -0.4 is 0 Å². The fraction of sp³-hybridized carbons (Fsp3) is 0.750. The van der Waals surface area contributed by atoms with Gasteiger partial charge in [0.1, 0.15) is 0 Å². The third-order valence-corrected chi connectivity index (χ3v) is 5.56. The Morgan fingerprint density at radius 3 is 2.18 bits per heavy atom. The van der Waals surface area contributed by atoms with E-state index >= 15 is 0 Å². The lowest BCUT2D eigenvalue weighted by Crippen LogP contribution is -2.02. The number of hydrogen-bond acceptors (Lipinski definition) is 3. The van der Waals surface area contributed by atoms with E-state index in [0.29, 0.717) is 13.2 Å². The molecule has 98 valence electrons. The zero-order valence-electron chi connectivity index (χ0n) is 10.3. The van der Waals surface area contributed by atoms with Crippen LogP contribution in [-0.2, 0) is 6.54 Å². The number of aliphatic hydroxyl groups excluding tert-OH is 2. The molecular weight excluding hydrogens is 235 g/mol. The lowest BCUT2D eigenvalue weighted by atomic mass is 10.5. The van der Waals surface area contributed by atoms with Crippen molar-refractivity contribution in [2.45, 2.75) is 25.8 Å². The summed E-state index contributed by atoms with van der Waals surface area (Å²) < 4.78 is 2.10. The van der Waals surface area contributed by atoms with Gasteiger partial charge in [-0.2, -0.15) is 0 Å². The van der Waals surface area contributed by atoms with Crippen LogP contribution in [0.4, 0.5) is 0 Å². The first-order chi connectivity index (χ1) is 8.36. The molecule has 0 saturated carbocycles. The van der Waals surface area contributed by atoms with Crippen molar-refractivity contribution in [3.8, 4) is 0 Å². The molecule has 0 radical (unpaired) electrons. The van der Waals surface area contributed by atoms with Crippen LogP contribution in [0.2, 0.25) is 0 Å². The summed E-state index contributed by atoms with van der Waals surface area (Å²) in [5.41, 5.74) is 0. The maximum absolute atomic E-state index is 8.86. The van der Waals surface area contributed by atoms with E-state index in [1.165, 1.54) is 12.6 Å². The molecule has 0 atom stereocenters. The summed E-state index contributed by atoms with van der Waals surface area (Å²) in [5, 5.41) is 17.7. The minimum atomic E-state index is -0.00796. The van der Waals surface area contributed by atoms with Crippen LogP contribution in [-0.4, -0.2) is 51.5 Å². The molecular formula is C12H23N2O2P. The van der Waals surface area contributed by atoms with Crippen LogP contribution in [0.3, 0.4) is 0 Å². The summed E-state index contributed by atoms with van der Waals surface area (Å²) in [6, 6.07) is 0. The van der Waals surface area contributed by atoms with Crippen LogP contribution in [0.5, 0.6) is 0 Å². The number of aliphatic hydroxyl groups is 2. The van der Waals surface area contributed by atoms with Crippen molar-refractivity contribution in [2.75, 3.05) is 31.7 Å². The van der Waals surface area contributed by atoms with Crippen molar-refractivity contribution >= 4 is 7.92 Å². The van der Waals surface area contributed by atoms with Gasteiger partial charge in [-0.05, 0) is 37.7 Å². The van der Waals surface area contributed by atoms with E-state index in [1.807, 2.05) is 12.5 Å². The lowest BCUT2D eigenvalue weighted by Gasteiger charge is -2.16. The van der Waals surface area contributed by atoms with Gasteiger partial charge in [0.2, 0.25) is 0 Å². The van der Waals surface area contributed by atoms with Gasteiger partial charge in [-0.25, -0.2) is 4.98 Å². The van der Waals surface area contributed by atoms with Crippen molar-refractivity contribution < 1.29 is 10.2 Å². The van der Waals surface area contributed by atoms with Crippen molar-refractivity contribution in [1.82, 2.24) is 9.55 Å². The first kappa shape index (κ1) is 14.6. The van der Waals surface area contributed by atoms with Crippen molar-refractivity contribution in [3.05, 3.63) is 18.7 Å².